The van der Waals surface area contributed by atoms with Crippen molar-refractivity contribution in [3.63, 3.8) is 0 Å². The Kier molecular flexibility index (Phi) is 2.74. The lowest BCUT2D eigenvalue weighted by Gasteiger charge is -2.30. The van der Waals surface area contributed by atoms with Gasteiger partial charge in [0.2, 0.25) is 0 Å². The molecule has 0 saturated carbocycles. The predicted octanol–water partition coefficient (Wildman–Crippen LogP) is 1.63. The first-order chi connectivity index (χ1) is 5.62. The summed E-state index contributed by atoms with van der Waals surface area (Å²) < 4.78 is 10.2. The molecule has 0 aromatic rings. The normalized spacial score (nSPS) is 27.8. The number of carbonyl (C=O) groups excluding carboxylic acids is 1. The second-order valence-corrected chi connectivity index (χ2v) is 3.26. The van der Waals surface area contributed by atoms with Crippen LogP contribution in [0.3, 0.4) is 0 Å². The average molecular weight is 170 g/mol. The number of ether oxygens (including phenoxy) is 2. The zero-order chi connectivity index (χ0) is 9.03. The van der Waals surface area contributed by atoms with E-state index in [1.807, 2.05) is 13.0 Å². The third kappa shape index (κ3) is 2.57. The molecule has 68 valence electrons. The van der Waals surface area contributed by atoms with E-state index in [0.29, 0.717) is 6.61 Å². The van der Waals surface area contributed by atoms with E-state index in [0.717, 1.165) is 12.8 Å². The Labute approximate surface area is 72.4 Å². The van der Waals surface area contributed by atoms with Crippen LogP contribution in [-0.2, 0) is 14.3 Å². The lowest BCUT2D eigenvalue weighted by atomic mass is 9.99. The molecule has 0 N–H and O–H groups in total. The van der Waals surface area contributed by atoms with Crippen molar-refractivity contribution in [3.05, 3.63) is 12.3 Å². The summed E-state index contributed by atoms with van der Waals surface area (Å²) in [6, 6.07) is 0. The van der Waals surface area contributed by atoms with Crippen molar-refractivity contribution in [2.45, 2.75) is 32.3 Å². The highest BCUT2D eigenvalue weighted by Gasteiger charge is 2.27. The van der Waals surface area contributed by atoms with Gasteiger partial charge < -0.3 is 9.47 Å². The van der Waals surface area contributed by atoms with Crippen molar-refractivity contribution in [3.8, 4) is 0 Å². The highest BCUT2D eigenvalue weighted by Crippen LogP contribution is 2.22. The van der Waals surface area contributed by atoms with Gasteiger partial charge in [-0.2, -0.15) is 0 Å². The summed E-state index contributed by atoms with van der Waals surface area (Å²) in [5.74, 6) is -0.255. The smallest absolute Gasteiger partial charge is 0.302 e. The molecule has 0 saturated heterocycles. The fourth-order valence-corrected chi connectivity index (χ4v) is 1.09. The molecule has 1 aliphatic heterocycles. The Morgan fingerprint density at radius 2 is 2.50 bits per heavy atom. The zero-order valence-electron chi connectivity index (χ0n) is 7.50. The summed E-state index contributed by atoms with van der Waals surface area (Å²) in [4.78, 5) is 10.5. The van der Waals surface area contributed by atoms with Crippen molar-refractivity contribution in [2.75, 3.05) is 6.61 Å². The quantitative estimate of drug-likeness (QED) is 0.591. The van der Waals surface area contributed by atoms with E-state index in [1.54, 1.807) is 6.26 Å². The van der Waals surface area contributed by atoms with E-state index in [1.165, 1.54) is 6.92 Å². The largest absolute Gasteiger partial charge is 0.492 e. The summed E-state index contributed by atoms with van der Waals surface area (Å²) in [7, 11) is 0. The average Bonchev–Trinajstić information content (AvgIpc) is 2.03. The molecule has 0 radical (unpaired) electrons. The van der Waals surface area contributed by atoms with Gasteiger partial charge in [-0.3, -0.25) is 4.79 Å². The van der Waals surface area contributed by atoms with E-state index in [4.69, 9.17) is 9.47 Å². The van der Waals surface area contributed by atoms with Gasteiger partial charge in [-0.05, 0) is 25.8 Å². The Morgan fingerprint density at radius 3 is 3.00 bits per heavy atom. The summed E-state index contributed by atoms with van der Waals surface area (Å²) in [6.07, 6.45) is 5.52. The van der Waals surface area contributed by atoms with Crippen LogP contribution in [0, 0.1) is 0 Å². The van der Waals surface area contributed by atoms with E-state index in [-0.39, 0.29) is 11.6 Å². The number of hydrogen-bond donors (Lipinski definition) is 0. The number of hydrogen-bond acceptors (Lipinski definition) is 3. The summed E-state index contributed by atoms with van der Waals surface area (Å²) >= 11 is 0. The molecule has 1 rings (SSSR count). The molecule has 12 heavy (non-hydrogen) atoms. The minimum Gasteiger partial charge on any atom is -0.492 e. The molecule has 0 fully saturated rings. The molecule has 0 bridgehead atoms. The Balaban J connectivity index is 2.38. The van der Waals surface area contributed by atoms with Crippen molar-refractivity contribution >= 4 is 5.97 Å². The molecule has 3 heteroatoms. The Hall–Kier alpha value is -0.990. The highest BCUT2D eigenvalue weighted by atomic mass is 16.6. The van der Waals surface area contributed by atoms with Gasteiger partial charge in [0.05, 0.1) is 6.26 Å². The topological polar surface area (TPSA) is 35.5 Å². The summed E-state index contributed by atoms with van der Waals surface area (Å²) in [5.41, 5.74) is -0.319. The standard InChI is InChI=1S/C9H14O3/c1-8(10)11-7-9(2)5-3-4-6-12-9/h4,6H,3,5,7H2,1-2H3. The Bertz CT molecular complexity index is 198. The third-order valence-corrected chi connectivity index (χ3v) is 1.87. The number of esters is 1. The molecule has 1 heterocycles. The zero-order valence-corrected chi connectivity index (χ0v) is 7.50. The van der Waals surface area contributed by atoms with Gasteiger partial charge in [0.15, 0.2) is 0 Å². The maximum Gasteiger partial charge on any atom is 0.302 e. The lowest BCUT2D eigenvalue weighted by molar-refractivity contribution is -0.149. The lowest BCUT2D eigenvalue weighted by Crippen LogP contribution is -2.34. The molecule has 0 aromatic carbocycles. The van der Waals surface area contributed by atoms with Crippen LogP contribution in [0.4, 0.5) is 0 Å². The van der Waals surface area contributed by atoms with Crippen molar-refractivity contribution in [2.24, 2.45) is 0 Å². The SMILES string of the molecule is CC(=O)OCC1(C)CCC=CO1. The maximum absolute atomic E-state index is 10.5. The van der Waals surface area contributed by atoms with E-state index in [2.05, 4.69) is 0 Å². The van der Waals surface area contributed by atoms with Gasteiger partial charge in [0, 0.05) is 6.92 Å². The van der Waals surface area contributed by atoms with Gasteiger partial charge in [0.1, 0.15) is 12.2 Å². The summed E-state index contributed by atoms with van der Waals surface area (Å²) in [5, 5.41) is 0. The third-order valence-electron chi connectivity index (χ3n) is 1.87. The van der Waals surface area contributed by atoms with E-state index >= 15 is 0 Å². The molecule has 1 atom stereocenters. The van der Waals surface area contributed by atoms with Gasteiger partial charge in [-0.15, -0.1) is 0 Å². The fourth-order valence-electron chi connectivity index (χ4n) is 1.09. The molecule has 0 aromatic heterocycles. The van der Waals surface area contributed by atoms with Crippen molar-refractivity contribution in [1.29, 1.82) is 0 Å². The van der Waals surface area contributed by atoms with Crippen molar-refractivity contribution in [1.82, 2.24) is 0 Å². The molecular formula is C9H14O3. The van der Waals surface area contributed by atoms with E-state index in [9.17, 15) is 4.79 Å². The Morgan fingerprint density at radius 1 is 1.75 bits per heavy atom. The van der Waals surface area contributed by atoms with Crippen LogP contribution in [0.1, 0.15) is 26.7 Å². The fraction of sp³-hybridized carbons (Fsp3) is 0.667. The van der Waals surface area contributed by atoms with Crippen LogP contribution < -0.4 is 0 Å². The van der Waals surface area contributed by atoms with Crippen LogP contribution >= 0.6 is 0 Å². The number of carbonyl (C=O) groups is 1. The van der Waals surface area contributed by atoms with Crippen molar-refractivity contribution < 1.29 is 14.3 Å². The molecular weight excluding hydrogens is 156 g/mol. The first kappa shape index (κ1) is 9.10. The van der Waals surface area contributed by atoms with Crippen LogP contribution in [0.5, 0.6) is 0 Å². The van der Waals surface area contributed by atoms with Gasteiger partial charge >= 0.3 is 5.97 Å². The van der Waals surface area contributed by atoms with Gasteiger partial charge in [-0.1, -0.05) is 0 Å². The molecule has 3 nitrogen and oxygen atoms in total. The molecule has 0 aliphatic carbocycles. The summed E-state index contributed by atoms with van der Waals surface area (Å²) in [6.45, 7) is 3.69. The minimum absolute atomic E-state index is 0.255. The van der Waals surface area contributed by atoms with E-state index < -0.39 is 0 Å². The van der Waals surface area contributed by atoms with Crippen LogP contribution in [0.25, 0.3) is 0 Å². The number of allylic oxidation sites excluding steroid dienone is 1. The van der Waals surface area contributed by atoms with Crippen LogP contribution in [0.2, 0.25) is 0 Å². The van der Waals surface area contributed by atoms with Crippen LogP contribution in [-0.4, -0.2) is 18.2 Å². The molecule has 1 unspecified atom stereocenters. The number of rotatable bonds is 2. The minimum atomic E-state index is -0.319. The second kappa shape index (κ2) is 3.61. The maximum atomic E-state index is 10.5. The van der Waals surface area contributed by atoms with Gasteiger partial charge in [-0.25, -0.2) is 0 Å². The highest BCUT2D eigenvalue weighted by molar-refractivity contribution is 5.65. The molecule has 0 amide bonds. The van der Waals surface area contributed by atoms with Crippen LogP contribution in [0.15, 0.2) is 12.3 Å². The first-order valence-electron chi connectivity index (χ1n) is 4.09. The molecule has 1 aliphatic rings. The monoisotopic (exact) mass is 170 g/mol. The van der Waals surface area contributed by atoms with Gasteiger partial charge in [0.25, 0.3) is 0 Å². The predicted molar refractivity (Wildman–Crippen MR) is 44.5 cm³/mol. The first-order valence-corrected chi connectivity index (χ1v) is 4.09. The second-order valence-electron chi connectivity index (χ2n) is 3.26. The molecule has 0 spiro atoms.